The van der Waals surface area contributed by atoms with Crippen LogP contribution in [-0.4, -0.2) is 45.1 Å². The number of carbonyl (C=O) groups excluding carboxylic acids is 1. The third kappa shape index (κ3) is 1.41. The molecule has 4 bridgehead atoms. The zero-order chi connectivity index (χ0) is 17.9. The quantitative estimate of drug-likeness (QED) is 0.484. The molecule has 6 heteroatoms. The fourth-order valence-electron chi connectivity index (χ4n) is 7.63. The molecule has 136 valence electrons. The van der Waals surface area contributed by atoms with Gasteiger partial charge in [0.25, 0.3) is 0 Å². The third-order valence-electron chi connectivity index (χ3n) is 8.52. The summed E-state index contributed by atoms with van der Waals surface area (Å²) < 4.78 is 5.87. The lowest BCUT2D eigenvalue weighted by Crippen LogP contribution is -2.60. The third-order valence-corrected chi connectivity index (χ3v) is 8.52. The molecule has 5 fully saturated rings. The van der Waals surface area contributed by atoms with Crippen LogP contribution >= 0.6 is 0 Å². The van der Waals surface area contributed by atoms with E-state index in [0.717, 1.165) is 24.8 Å². The van der Waals surface area contributed by atoms with Crippen molar-refractivity contribution in [3.63, 3.8) is 0 Å². The van der Waals surface area contributed by atoms with Crippen LogP contribution in [0.2, 0.25) is 0 Å². The number of carboxylic acid groups (broad SMARTS) is 1. The highest BCUT2D eigenvalue weighted by Gasteiger charge is 2.85. The summed E-state index contributed by atoms with van der Waals surface area (Å²) in [6, 6.07) is 0. The topological polar surface area (TPSA) is 104 Å². The van der Waals surface area contributed by atoms with Crippen molar-refractivity contribution in [1.29, 1.82) is 0 Å². The molecule has 25 heavy (non-hydrogen) atoms. The summed E-state index contributed by atoms with van der Waals surface area (Å²) in [7, 11) is 0. The summed E-state index contributed by atoms with van der Waals surface area (Å²) in [5, 5.41) is 31.7. The molecule has 4 saturated carbocycles. The molecule has 1 saturated heterocycles. The van der Waals surface area contributed by atoms with Gasteiger partial charge < -0.3 is 20.1 Å². The summed E-state index contributed by atoms with van der Waals surface area (Å²) in [5.74, 6) is -2.87. The lowest BCUT2D eigenvalue weighted by Gasteiger charge is -2.47. The van der Waals surface area contributed by atoms with Gasteiger partial charge in [-0.2, -0.15) is 0 Å². The van der Waals surface area contributed by atoms with Gasteiger partial charge in [0, 0.05) is 18.3 Å². The van der Waals surface area contributed by atoms with Crippen molar-refractivity contribution >= 4 is 11.9 Å². The Bertz CT molecular complexity index is 717. The van der Waals surface area contributed by atoms with Crippen molar-refractivity contribution in [2.24, 2.45) is 34.5 Å². The largest absolute Gasteiger partial charge is 0.481 e. The number of fused-ring (bicyclic) bond motifs is 1. The predicted molar refractivity (Wildman–Crippen MR) is 85.2 cm³/mol. The van der Waals surface area contributed by atoms with E-state index in [4.69, 9.17) is 4.74 Å². The average molecular weight is 348 g/mol. The van der Waals surface area contributed by atoms with Gasteiger partial charge >= 0.3 is 11.9 Å². The Morgan fingerprint density at radius 3 is 2.68 bits per heavy atom. The number of carbonyl (C=O) groups is 2. The van der Waals surface area contributed by atoms with Gasteiger partial charge in [-0.25, -0.2) is 0 Å². The van der Waals surface area contributed by atoms with Gasteiger partial charge in [-0.05, 0) is 43.9 Å². The van der Waals surface area contributed by atoms with Crippen LogP contribution in [0.15, 0.2) is 12.2 Å². The molecular formula is C19H24O6. The van der Waals surface area contributed by atoms with Gasteiger partial charge in [0.1, 0.15) is 5.60 Å². The smallest absolute Gasteiger partial charge is 0.315 e. The lowest BCUT2D eigenvalue weighted by atomic mass is 9.58. The Hall–Kier alpha value is -1.40. The van der Waals surface area contributed by atoms with E-state index < -0.39 is 52.4 Å². The first-order valence-corrected chi connectivity index (χ1v) is 9.19. The van der Waals surface area contributed by atoms with Gasteiger partial charge in [0.05, 0.1) is 23.5 Å². The predicted octanol–water partition coefficient (Wildman–Crippen LogP) is 1.11. The highest BCUT2D eigenvalue weighted by atomic mass is 16.6. The van der Waals surface area contributed by atoms with Gasteiger partial charge in [-0.3, -0.25) is 9.59 Å². The number of allylic oxidation sites excluding steroid dienone is 1. The molecule has 1 heterocycles. The van der Waals surface area contributed by atoms with Gasteiger partial charge in [0.15, 0.2) is 0 Å². The SMILES string of the molecule is C=C1C[C@@]23C[C@H]1CC[C@@H]2[C@@]12OC(=O)[C@@](C)([C@H](O)C[C@@H]1O)[C@@H]2[C@H]3C(=O)O. The number of esters is 1. The number of aliphatic hydroxyl groups excluding tert-OH is 2. The van der Waals surface area contributed by atoms with Crippen LogP contribution in [0, 0.1) is 34.5 Å². The van der Waals surface area contributed by atoms with E-state index in [-0.39, 0.29) is 12.3 Å². The van der Waals surface area contributed by atoms with Gasteiger partial charge in [-0.15, -0.1) is 0 Å². The molecule has 5 aliphatic rings. The minimum atomic E-state index is -1.27. The number of hydrogen-bond donors (Lipinski definition) is 3. The summed E-state index contributed by atoms with van der Waals surface area (Å²) >= 11 is 0. The van der Waals surface area contributed by atoms with Crippen molar-refractivity contribution in [3.05, 3.63) is 12.2 Å². The molecule has 6 nitrogen and oxygen atoms in total. The molecule has 1 aliphatic heterocycles. The van der Waals surface area contributed by atoms with Crippen LogP contribution < -0.4 is 0 Å². The van der Waals surface area contributed by atoms with Crippen molar-refractivity contribution in [2.75, 3.05) is 0 Å². The van der Waals surface area contributed by atoms with E-state index in [1.807, 2.05) is 0 Å². The van der Waals surface area contributed by atoms with E-state index in [1.54, 1.807) is 6.92 Å². The molecule has 0 unspecified atom stereocenters. The molecular weight excluding hydrogens is 324 g/mol. The fraction of sp³-hybridized carbons (Fsp3) is 0.789. The summed E-state index contributed by atoms with van der Waals surface area (Å²) in [5.41, 5.74) is -1.88. The first kappa shape index (κ1) is 15.8. The second kappa shape index (κ2) is 4.29. The highest BCUT2D eigenvalue weighted by molar-refractivity contribution is 5.85. The standard InChI is InChI=1S/C19H24O6/c1-8-6-18-7-9(8)3-4-10(18)19-12(21)5-11(20)17(2,16(24)25-19)14(19)13(18)15(22)23/h9-14,20-21H,1,3-7H2,2H3,(H,22,23)/t9-,10+,11-,12+,13+,14+,17+,18-,19-/m1/s1. The zero-order valence-corrected chi connectivity index (χ0v) is 14.3. The molecule has 0 amide bonds. The number of hydrogen-bond acceptors (Lipinski definition) is 5. The number of ether oxygens (including phenoxy) is 1. The van der Waals surface area contributed by atoms with Crippen LogP contribution in [0.3, 0.4) is 0 Å². The molecule has 3 N–H and O–H groups in total. The molecule has 4 aliphatic carbocycles. The Balaban J connectivity index is 1.78. The monoisotopic (exact) mass is 348 g/mol. The Labute approximate surface area is 145 Å². The van der Waals surface area contributed by atoms with Crippen LogP contribution in [0.25, 0.3) is 0 Å². The Kier molecular flexibility index (Phi) is 2.71. The molecule has 0 aromatic carbocycles. The van der Waals surface area contributed by atoms with Crippen LogP contribution in [0.5, 0.6) is 0 Å². The maximum Gasteiger partial charge on any atom is 0.315 e. The normalized spacial score (nSPS) is 58.7. The summed E-state index contributed by atoms with van der Waals surface area (Å²) in [6.45, 7) is 5.81. The van der Waals surface area contributed by atoms with Gasteiger partial charge in [0.2, 0.25) is 0 Å². The molecule has 9 atom stereocenters. The number of rotatable bonds is 1. The van der Waals surface area contributed by atoms with Crippen molar-refractivity contribution in [2.45, 2.75) is 56.8 Å². The minimum Gasteiger partial charge on any atom is -0.481 e. The van der Waals surface area contributed by atoms with E-state index >= 15 is 0 Å². The van der Waals surface area contributed by atoms with Crippen LogP contribution in [0.4, 0.5) is 0 Å². The molecule has 5 rings (SSSR count). The second-order valence-electron chi connectivity index (χ2n) is 9.19. The average Bonchev–Trinajstić information content (AvgIpc) is 3.01. The first-order chi connectivity index (χ1) is 11.7. The maximum absolute atomic E-state index is 12.7. The Morgan fingerprint density at radius 1 is 1.28 bits per heavy atom. The maximum atomic E-state index is 12.7. The first-order valence-electron chi connectivity index (χ1n) is 9.19. The lowest BCUT2D eigenvalue weighted by molar-refractivity contribution is -0.177. The van der Waals surface area contributed by atoms with Crippen molar-refractivity contribution in [3.8, 4) is 0 Å². The van der Waals surface area contributed by atoms with E-state index in [9.17, 15) is 24.9 Å². The minimum absolute atomic E-state index is 0.0576. The summed E-state index contributed by atoms with van der Waals surface area (Å²) in [6.07, 6.45) is 0.937. The molecule has 0 aromatic rings. The van der Waals surface area contributed by atoms with E-state index in [2.05, 4.69) is 6.58 Å². The summed E-state index contributed by atoms with van der Waals surface area (Å²) in [4.78, 5) is 25.2. The Morgan fingerprint density at radius 2 is 2.00 bits per heavy atom. The second-order valence-corrected chi connectivity index (χ2v) is 9.19. The molecule has 1 spiro atoms. The molecule has 0 radical (unpaired) electrons. The van der Waals surface area contributed by atoms with E-state index in [1.165, 1.54) is 0 Å². The van der Waals surface area contributed by atoms with E-state index in [0.29, 0.717) is 12.3 Å². The molecule has 0 aromatic heterocycles. The van der Waals surface area contributed by atoms with Gasteiger partial charge in [-0.1, -0.05) is 12.2 Å². The number of aliphatic carboxylic acids is 1. The number of carboxylic acids is 1. The zero-order valence-electron chi connectivity index (χ0n) is 14.3. The number of aliphatic hydroxyl groups is 2. The van der Waals surface area contributed by atoms with Crippen molar-refractivity contribution in [1.82, 2.24) is 0 Å². The fourth-order valence-corrected chi connectivity index (χ4v) is 7.63. The highest BCUT2D eigenvalue weighted by Crippen LogP contribution is 2.77. The van der Waals surface area contributed by atoms with Crippen molar-refractivity contribution < 1.29 is 29.6 Å². The van der Waals surface area contributed by atoms with Crippen LogP contribution in [0.1, 0.15) is 39.0 Å². The van der Waals surface area contributed by atoms with Crippen LogP contribution in [-0.2, 0) is 14.3 Å².